The van der Waals surface area contributed by atoms with Crippen molar-refractivity contribution in [3.63, 3.8) is 0 Å². The van der Waals surface area contributed by atoms with Crippen LogP contribution in [0.25, 0.3) is 11.5 Å². The summed E-state index contributed by atoms with van der Waals surface area (Å²) in [5, 5.41) is 4.14. The third-order valence-corrected chi connectivity index (χ3v) is 5.18. The van der Waals surface area contributed by atoms with Crippen LogP contribution < -0.4 is 14.4 Å². The summed E-state index contributed by atoms with van der Waals surface area (Å²) in [4.78, 5) is 18.9. The first-order chi connectivity index (χ1) is 14.7. The van der Waals surface area contributed by atoms with Crippen molar-refractivity contribution < 1.29 is 18.8 Å². The van der Waals surface area contributed by atoms with Crippen molar-refractivity contribution in [3.05, 3.63) is 54.4 Å². The molecule has 1 aliphatic heterocycles. The van der Waals surface area contributed by atoms with E-state index in [1.807, 2.05) is 48.5 Å². The Hall–Kier alpha value is -3.35. The van der Waals surface area contributed by atoms with Gasteiger partial charge in [0.25, 0.3) is 5.89 Å². The SMILES string of the molecule is CCCCOc1ccc(-c2nc(C3CC(=O)N(c4ccccc4OC)C3)no2)cc1. The lowest BCUT2D eigenvalue weighted by Crippen LogP contribution is -2.24. The van der Waals surface area contributed by atoms with Gasteiger partial charge in [-0.15, -0.1) is 0 Å². The summed E-state index contributed by atoms with van der Waals surface area (Å²) in [6.45, 7) is 3.33. The standard InChI is InChI=1S/C23H25N3O4/c1-3-4-13-29-18-11-9-16(10-12-18)23-24-22(25-30-23)17-14-21(27)26(15-17)19-7-5-6-8-20(19)28-2/h5-12,17H,3-4,13-15H2,1-2H3. The van der Waals surface area contributed by atoms with Gasteiger partial charge in [0, 0.05) is 24.4 Å². The highest BCUT2D eigenvalue weighted by Gasteiger charge is 2.35. The highest BCUT2D eigenvalue weighted by Crippen LogP contribution is 2.36. The van der Waals surface area contributed by atoms with Crippen LogP contribution in [0.5, 0.6) is 11.5 Å². The molecular formula is C23H25N3O4. The molecule has 0 aliphatic carbocycles. The van der Waals surface area contributed by atoms with Crippen LogP contribution in [0.15, 0.2) is 53.1 Å². The Morgan fingerprint density at radius 2 is 1.97 bits per heavy atom. The largest absolute Gasteiger partial charge is 0.495 e. The van der Waals surface area contributed by atoms with Gasteiger partial charge in [0.15, 0.2) is 5.82 Å². The number of unbranched alkanes of at least 4 members (excludes halogenated alkanes) is 1. The molecule has 0 saturated carbocycles. The molecule has 1 fully saturated rings. The van der Waals surface area contributed by atoms with Gasteiger partial charge in [0.05, 0.1) is 19.4 Å². The van der Waals surface area contributed by atoms with E-state index in [0.29, 0.717) is 37.0 Å². The molecule has 1 aliphatic rings. The average Bonchev–Trinajstić information content (AvgIpc) is 3.41. The second-order valence-electron chi connectivity index (χ2n) is 7.26. The summed E-state index contributed by atoms with van der Waals surface area (Å²) < 4.78 is 16.6. The fourth-order valence-corrected chi connectivity index (χ4v) is 3.51. The first-order valence-corrected chi connectivity index (χ1v) is 10.2. The minimum atomic E-state index is -0.128. The lowest BCUT2D eigenvalue weighted by molar-refractivity contribution is -0.117. The zero-order valence-electron chi connectivity index (χ0n) is 17.2. The van der Waals surface area contributed by atoms with Crippen LogP contribution in [0.4, 0.5) is 5.69 Å². The number of anilines is 1. The Morgan fingerprint density at radius 3 is 2.73 bits per heavy atom. The summed E-state index contributed by atoms with van der Waals surface area (Å²) in [5.41, 5.74) is 1.58. The molecule has 3 aromatic rings. The molecule has 30 heavy (non-hydrogen) atoms. The maximum Gasteiger partial charge on any atom is 0.257 e. The second-order valence-corrected chi connectivity index (χ2v) is 7.26. The quantitative estimate of drug-likeness (QED) is 0.514. The van der Waals surface area contributed by atoms with E-state index in [4.69, 9.17) is 14.0 Å². The van der Waals surface area contributed by atoms with Gasteiger partial charge in [0.2, 0.25) is 5.91 Å². The normalized spacial score (nSPS) is 16.1. The third kappa shape index (κ3) is 4.15. The lowest BCUT2D eigenvalue weighted by atomic mass is 10.1. The summed E-state index contributed by atoms with van der Waals surface area (Å²) in [5.74, 6) is 2.36. The molecule has 156 valence electrons. The minimum Gasteiger partial charge on any atom is -0.495 e. The molecule has 1 aromatic heterocycles. The molecule has 7 heteroatoms. The molecule has 1 atom stereocenters. The Morgan fingerprint density at radius 1 is 1.17 bits per heavy atom. The van der Waals surface area contributed by atoms with Crippen molar-refractivity contribution in [3.8, 4) is 23.0 Å². The number of para-hydroxylation sites is 2. The number of methoxy groups -OCH3 is 1. The molecule has 1 saturated heterocycles. The number of aromatic nitrogens is 2. The van der Waals surface area contributed by atoms with E-state index >= 15 is 0 Å². The smallest absolute Gasteiger partial charge is 0.257 e. The topological polar surface area (TPSA) is 77.7 Å². The number of amides is 1. The Bertz CT molecular complexity index is 1000. The van der Waals surface area contributed by atoms with Crippen LogP contribution in [-0.2, 0) is 4.79 Å². The van der Waals surface area contributed by atoms with Crippen molar-refractivity contribution in [2.24, 2.45) is 0 Å². The lowest BCUT2D eigenvalue weighted by Gasteiger charge is -2.18. The van der Waals surface area contributed by atoms with E-state index in [0.717, 1.165) is 29.8 Å². The van der Waals surface area contributed by atoms with Gasteiger partial charge in [-0.3, -0.25) is 4.79 Å². The van der Waals surface area contributed by atoms with Gasteiger partial charge < -0.3 is 18.9 Å². The average molecular weight is 407 g/mol. The summed E-state index contributed by atoms with van der Waals surface area (Å²) in [6, 6.07) is 15.1. The van der Waals surface area contributed by atoms with Gasteiger partial charge in [-0.25, -0.2) is 0 Å². The van der Waals surface area contributed by atoms with E-state index in [2.05, 4.69) is 17.1 Å². The molecule has 4 rings (SSSR count). The van der Waals surface area contributed by atoms with Crippen molar-refractivity contribution in [2.75, 3.05) is 25.2 Å². The van der Waals surface area contributed by atoms with Crippen LogP contribution in [0.3, 0.4) is 0 Å². The predicted molar refractivity (Wildman–Crippen MR) is 113 cm³/mol. The van der Waals surface area contributed by atoms with Crippen LogP contribution >= 0.6 is 0 Å². The van der Waals surface area contributed by atoms with Crippen molar-refractivity contribution in [2.45, 2.75) is 32.1 Å². The summed E-state index contributed by atoms with van der Waals surface area (Å²) >= 11 is 0. The predicted octanol–water partition coefficient (Wildman–Crippen LogP) is 4.44. The molecule has 1 amide bonds. The molecule has 7 nitrogen and oxygen atoms in total. The molecular weight excluding hydrogens is 382 g/mol. The van der Waals surface area contributed by atoms with Crippen LogP contribution in [0, 0.1) is 0 Å². The zero-order valence-corrected chi connectivity index (χ0v) is 17.2. The molecule has 0 bridgehead atoms. The van der Waals surface area contributed by atoms with Crippen LogP contribution in [-0.4, -0.2) is 36.3 Å². The maximum atomic E-state index is 12.6. The Kier molecular flexibility index (Phi) is 5.97. The number of carbonyl (C=O) groups is 1. The fourth-order valence-electron chi connectivity index (χ4n) is 3.51. The van der Waals surface area contributed by atoms with Crippen LogP contribution in [0.2, 0.25) is 0 Å². The van der Waals surface area contributed by atoms with Crippen molar-refractivity contribution >= 4 is 11.6 Å². The number of hydrogen-bond acceptors (Lipinski definition) is 6. The minimum absolute atomic E-state index is 0.0180. The van der Waals surface area contributed by atoms with Gasteiger partial charge >= 0.3 is 0 Å². The number of rotatable bonds is 8. The fraction of sp³-hybridized carbons (Fsp3) is 0.348. The number of ether oxygens (including phenoxy) is 2. The van der Waals surface area contributed by atoms with Gasteiger partial charge in [-0.2, -0.15) is 4.98 Å². The maximum absolute atomic E-state index is 12.6. The van der Waals surface area contributed by atoms with E-state index in [-0.39, 0.29) is 11.8 Å². The number of hydrogen-bond donors (Lipinski definition) is 0. The highest BCUT2D eigenvalue weighted by atomic mass is 16.5. The van der Waals surface area contributed by atoms with E-state index in [1.165, 1.54) is 0 Å². The monoisotopic (exact) mass is 407 g/mol. The van der Waals surface area contributed by atoms with Crippen molar-refractivity contribution in [1.29, 1.82) is 0 Å². The van der Waals surface area contributed by atoms with Crippen LogP contribution in [0.1, 0.15) is 37.9 Å². The number of nitrogens with zero attached hydrogens (tertiary/aromatic N) is 3. The molecule has 0 radical (unpaired) electrons. The third-order valence-electron chi connectivity index (χ3n) is 5.18. The number of benzene rings is 2. The van der Waals surface area contributed by atoms with Gasteiger partial charge in [-0.05, 0) is 42.8 Å². The number of carbonyl (C=O) groups excluding carboxylic acids is 1. The molecule has 2 heterocycles. The molecule has 1 unspecified atom stereocenters. The Balaban J connectivity index is 1.46. The first kappa shape index (κ1) is 19.9. The highest BCUT2D eigenvalue weighted by molar-refractivity contribution is 5.97. The van der Waals surface area contributed by atoms with E-state index in [9.17, 15) is 4.79 Å². The summed E-state index contributed by atoms with van der Waals surface area (Å²) in [6.07, 6.45) is 2.46. The van der Waals surface area contributed by atoms with Gasteiger partial charge in [0.1, 0.15) is 11.5 Å². The molecule has 0 spiro atoms. The van der Waals surface area contributed by atoms with E-state index < -0.39 is 0 Å². The van der Waals surface area contributed by atoms with Gasteiger partial charge in [-0.1, -0.05) is 30.6 Å². The van der Waals surface area contributed by atoms with Crippen molar-refractivity contribution in [1.82, 2.24) is 10.1 Å². The molecule has 0 N–H and O–H groups in total. The second kappa shape index (κ2) is 8.98. The zero-order chi connectivity index (χ0) is 20.9. The Labute approximate surface area is 175 Å². The van der Waals surface area contributed by atoms with E-state index in [1.54, 1.807) is 12.0 Å². The molecule has 2 aromatic carbocycles. The first-order valence-electron chi connectivity index (χ1n) is 10.2. The summed E-state index contributed by atoms with van der Waals surface area (Å²) in [7, 11) is 1.60.